The summed E-state index contributed by atoms with van der Waals surface area (Å²) >= 11 is 0. The smallest absolute Gasteiger partial charge is 0.0661 e. The maximum absolute atomic E-state index is 6.23. The first kappa shape index (κ1) is 12.9. The second-order valence-electron chi connectivity index (χ2n) is 6.61. The Labute approximate surface area is 111 Å². The van der Waals surface area contributed by atoms with Crippen molar-refractivity contribution in [1.29, 1.82) is 0 Å². The van der Waals surface area contributed by atoms with Gasteiger partial charge in [-0.15, -0.1) is 0 Å². The molecule has 3 aliphatic rings. The number of hydrogen-bond donors (Lipinski definition) is 1. The molecule has 3 fully saturated rings. The topological polar surface area (TPSA) is 38.5 Å². The van der Waals surface area contributed by atoms with Crippen LogP contribution in [0.4, 0.5) is 0 Å². The molecule has 0 spiro atoms. The number of likely N-dealkylation sites (tertiary alicyclic amines) is 1. The quantitative estimate of drug-likeness (QED) is 0.813. The summed E-state index contributed by atoms with van der Waals surface area (Å²) in [4.78, 5) is 2.79. The summed E-state index contributed by atoms with van der Waals surface area (Å²) in [6.45, 7) is 2.85. The van der Waals surface area contributed by atoms with Gasteiger partial charge in [0.15, 0.2) is 0 Å². The first-order chi connectivity index (χ1) is 8.81. The lowest BCUT2D eigenvalue weighted by Crippen LogP contribution is -2.64. The van der Waals surface area contributed by atoms with Crippen molar-refractivity contribution in [3.63, 3.8) is 0 Å². The van der Waals surface area contributed by atoms with Gasteiger partial charge in [0.05, 0.1) is 12.1 Å². The number of fused-ring (bicyclic) bond motifs is 1. The highest BCUT2D eigenvalue weighted by Crippen LogP contribution is 2.48. The van der Waals surface area contributed by atoms with E-state index in [9.17, 15) is 0 Å². The maximum Gasteiger partial charge on any atom is 0.0661 e. The fourth-order valence-electron chi connectivity index (χ4n) is 4.66. The van der Waals surface area contributed by atoms with Crippen molar-refractivity contribution in [2.75, 3.05) is 26.8 Å². The van der Waals surface area contributed by atoms with Gasteiger partial charge in [0.2, 0.25) is 0 Å². The fraction of sp³-hybridized carbons (Fsp3) is 1.00. The zero-order valence-electron chi connectivity index (χ0n) is 11.7. The molecule has 0 radical (unpaired) electrons. The van der Waals surface area contributed by atoms with E-state index in [1.807, 2.05) is 7.11 Å². The molecule has 0 bridgehead atoms. The molecule has 18 heavy (non-hydrogen) atoms. The van der Waals surface area contributed by atoms with E-state index in [0.717, 1.165) is 31.0 Å². The molecule has 3 atom stereocenters. The standard InChI is InChI=1S/C15H28N2O/c1-18-11-15(10-16,13-7-8-13)17-9-3-5-12-4-2-6-14(12)17/h12-14H,2-11,16H2,1H3. The van der Waals surface area contributed by atoms with Crippen LogP contribution in [0.2, 0.25) is 0 Å². The van der Waals surface area contributed by atoms with Crippen LogP contribution < -0.4 is 5.73 Å². The van der Waals surface area contributed by atoms with Crippen molar-refractivity contribution < 1.29 is 4.74 Å². The fourth-order valence-corrected chi connectivity index (χ4v) is 4.66. The van der Waals surface area contributed by atoms with E-state index < -0.39 is 0 Å². The minimum absolute atomic E-state index is 0.155. The molecule has 1 saturated heterocycles. The minimum atomic E-state index is 0.155. The molecule has 0 aromatic rings. The molecule has 0 aromatic carbocycles. The van der Waals surface area contributed by atoms with E-state index >= 15 is 0 Å². The monoisotopic (exact) mass is 252 g/mol. The summed E-state index contributed by atoms with van der Waals surface area (Å²) in [5.41, 5.74) is 6.38. The van der Waals surface area contributed by atoms with Gasteiger partial charge in [-0.3, -0.25) is 4.90 Å². The van der Waals surface area contributed by atoms with Crippen LogP contribution in [-0.2, 0) is 4.74 Å². The van der Waals surface area contributed by atoms with Gasteiger partial charge in [-0.1, -0.05) is 6.42 Å². The molecule has 1 heterocycles. The number of piperidine rings is 1. The molecule has 2 N–H and O–H groups in total. The Balaban J connectivity index is 1.83. The number of nitrogens with zero attached hydrogens (tertiary/aromatic N) is 1. The number of hydrogen-bond acceptors (Lipinski definition) is 3. The average molecular weight is 252 g/mol. The SMILES string of the molecule is COCC(CN)(C1CC1)N1CCCC2CCCC21. The summed E-state index contributed by atoms with van der Waals surface area (Å²) in [6.07, 6.45) is 9.77. The second-order valence-corrected chi connectivity index (χ2v) is 6.61. The molecule has 3 heteroatoms. The molecule has 0 aromatic heterocycles. The van der Waals surface area contributed by atoms with Gasteiger partial charge in [0.25, 0.3) is 0 Å². The van der Waals surface area contributed by atoms with Crippen molar-refractivity contribution >= 4 is 0 Å². The first-order valence-electron chi connectivity index (χ1n) is 7.77. The van der Waals surface area contributed by atoms with Crippen molar-refractivity contribution in [1.82, 2.24) is 4.90 Å². The lowest BCUT2D eigenvalue weighted by molar-refractivity contribution is -0.0520. The Bertz CT molecular complexity index is 292. The zero-order valence-corrected chi connectivity index (χ0v) is 11.7. The molecule has 1 aliphatic heterocycles. The summed E-state index contributed by atoms with van der Waals surface area (Å²) < 4.78 is 5.58. The third kappa shape index (κ3) is 2.00. The lowest BCUT2D eigenvalue weighted by Gasteiger charge is -2.51. The lowest BCUT2D eigenvalue weighted by atomic mass is 9.83. The summed E-state index contributed by atoms with van der Waals surface area (Å²) in [5, 5.41) is 0. The summed E-state index contributed by atoms with van der Waals surface area (Å²) in [6, 6.07) is 0.804. The molecule has 104 valence electrons. The highest BCUT2D eigenvalue weighted by molar-refractivity contribution is 5.07. The Kier molecular flexibility index (Phi) is 3.65. The van der Waals surface area contributed by atoms with Crippen LogP contribution in [0.5, 0.6) is 0 Å². The third-order valence-corrected chi connectivity index (χ3v) is 5.65. The molecule has 3 unspecified atom stereocenters. The Morgan fingerprint density at radius 2 is 1.94 bits per heavy atom. The maximum atomic E-state index is 6.23. The predicted octanol–water partition coefficient (Wildman–Crippen LogP) is 2.00. The second kappa shape index (κ2) is 5.10. The van der Waals surface area contributed by atoms with Gasteiger partial charge < -0.3 is 10.5 Å². The van der Waals surface area contributed by atoms with Gasteiger partial charge in [0.1, 0.15) is 0 Å². The number of rotatable bonds is 5. The molecule has 0 amide bonds. The van der Waals surface area contributed by atoms with Crippen LogP contribution in [0, 0.1) is 11.8 Å². The van der Waals surface area contributed by atoms with Crippen LogP contribution in [-0.4, -0.2) is 43.3 Å². The van der Waals surface area contributed by atoms with Crippen molar-refractivity contribution in [3.8, 4) is 0 Å². The van der Waals surface area contributed by atoms with E-state index in [2.05, 4.69) is 4.90 Å². The van der Waals surface area contributed by atoms with Gasteiger partial charge in [-0.05, 0) is 56.9 Å². The van der Waals surface area contributed by atoms with E-state index in [0.29, 0.717) is 0 Å². The molecule has 2 aliphatic carbocycles. The Hall–Kier alpha value is -0.120. The predicted molar refractivity (Wildman–Crippen MR) is 73.5 cm³/mol. The van der Waals surface area contributed by atoms with E-state index in [-0.39, 0.29) is 5.54 Å². The van der Waals surface area contributed by atoms with Crippen LogP contribution in [0.3, 0.4) is 0 Å². The molecule has 3 nitrogen and oxygen atoms in total. The molecule has 3 rings (SSSR count). The Morgan fingerprint density at radius 1 is 1.17 bits per heavy atom. The van der Waals surface area contributed by atoms with E-state index in [1.54, 1.807) is 0 Å². The van der Waals surface area contributed by atoms with E-state index in [1.165, 1.54) is 51.5 Å². The Morgan fingerprint density at radius 3 is 2.61 bits per heavy atom. The largest absolute Gasteiger partial charge is 0.383 e. The number of ether oxygens (including phenoxy) is 1. The molecular formula is C15H28N2O. The van der Waals surface area contributed by atoms with Crippen molar-refractivity contribution in [2.24, 2.45) is 17.6 Å². The van der Waals surface area contributed by atoms with Gasteiger partial charge >= 0.3 is 0 Å². The third-order valence-electron chi connectivity index (χ3n) is 5.65. The molecular weight excluding hydrogens is 224 g/mol. The van der Waals surface area contributed by atoms with Crippen molar-refractivity contribution in [3.05, 3.63) is 0 Å². The summed E-state index contributed by atoms with van der Waals surface area (Å²) in [5.74, 6) is 1.74. The van der Waals surface area contributed by atoms with Gasteiger partial charge in [-0.2, -0.15) is 0 Å². The average Bonchev–Trinajstić information content (AvgIpc) is 3.13. The van der Waals surface area contributed by atoms with Gasteiger partial charge in [0, 0.05) is 19.7 Å². The molecule has 2 saturated carbocycles. The highest BCUT2D eigenvalue weighted by Gasteiger charge is 2.52. The highest BCUT2D eigenvalue weighted by atomic mass is 16.5. The van der Waals surface area contributed by atoms with E-state index in [4.69, 9.17) is 10.5 Å². The zero-order chi connectivity index (χ0) is 12.6. The summed E-state index contributed by atoms with van der Waals surface area (Å²) in [7, 11) is 1.84. The van der Waals surface area contributed by atoms with Crippen LogP contribution >= 0.6 is 0 Å². The van der Waals surface area contributed by atoms with Crippen LogP contribution in [0.15, 0.2) is 0 Å². The number of nitrogens with two attached hydrogens (primary N) is 1. The van der Waals surface area contributed by atoms with Crippen LogP contribution in [0.25, 0.3) is 0 Å². The van der Waals surface area contributed by atoms with Gasteiger partial charge in [-0.25, -0.2) is 0 Å². The minimum Gasteiger partial charge on any atom is -0.383 e. The van der Waals surface area contributed by atoms with Crippen molar-refractivity contribution in [2.45, 2.75) is 56.5 Å². The first-order valence-corrected chi connectivity index (χ1v) is 7.77. The number of methoxy groups -OCH3 is 1. The van der Waals surface area contributed by atoms with Crippen LogP contribution in [0.1, 0.15) is 44.9 Å². The normalized spacial score (nSPS) is 36.3.